The van der Waals surface area contributed by atoms with E-state index >= 15 is 0 Å². The number of halogens is 2. The van der Waals surface area contributed by atoms with Crippen LogP contribution in [0, 0.1) is 5.92 Å². The summed E-state index contributed by atoms with van der Waals surface area (Å²) in [4.78, 5) is 16.7. The number of amides is 1. The Morgan fingerprint density at radius 1 is 1.27 bits per heavy atom. The quantitative estimate of drug-likeness (QED) is 0.818. The molecule has 0 spiro atoms. The molecular weight excluding hydrogens is 386 g/mol. The highest BCUT2D eigenvalue weighted by Gasteiger charge is 2.21. The van der Waals surface area contributed by atoms with Gasteiger partial charge in [-0.2, -0.15) is 0 Å². The van der Waals surface area contributed by atoms with Crippen LogP contribution in [0.4, 0.5) is 5.13 Å². The molecule has 1 saturated heterocycles. The monoisotopic (exact) mass is 401 g/mol. The van der Waals surface area contributed by atoms with Gasteiger partial charge in [0.1, 0.15) is 0 Å². The third-order valence-electron chi connectivity index (χ3n) is 3.58. The van der Waals surface area contributed by atoms with Crippen molar-refractivity contribution in [3.8, 4) is 11.3 Å². The molecule has 4 nitrogen and oxygen atoms in total. The number of carbonyl (C=O) groups is 1. The largest absolute Gasteiger partial charge is 0.317 e. The van der Waals surface area contributed by atoms with Gasteiger partial charge in [0.2, 0.25) is 5.91 Å². The highest BCUT2D eigenvalue weighted by atomic mass is 79.9. The predicted octanol–water partition coefficient (Wildman–Crippen LogP) is 3.93. The summed E-state index contributed by atoms with van der Waals surface area (Å²) in [5, 5.41) is 8.86. The van der Waals surface area contributed by atoms with E-state index in [1.165, 1.54) is 11.3 Å². The summed E-state index contributed by atoms with van der Waals surface area (Å²) >= 11 is 4.89. The first kappa shape index (κ1) is 17.4. The number of nitrogens with one attached hydrogen (secondary N) is 2. The first-order valence-corrected chi connectivity index (χ1v) is 8.63. The second-order valence-electron chi connectivity index (χ2n) is 5.06. The SMILES string of the molecule is Cl.O=C(Nc1nc(-c2ccc(Br)cc2)cs1)C1CCNCC1. The van der Waals surface area contributed by atoms with Crippen LogP contribution in [-0.4, -0.2) is 24.0 Å². The molecule has 1 amide bonds. The molecule has 2 aromatic rings. The van der Waals surface area contributed by atoms with Gasteiger partial charge in [-0.25, -0.2) is 4.98 Å². The van der Waals surface area contributed by atoms with Crippen molar-refractivity contribution >= 4 is 50.7 Å². The number of aromatic nitrogens is 1. The molecule has 1 aliphatic rings. The Balaban J connectivity index is 0.00000176. The first-order chi connectivity index (χ1) is 10.2. The van der Waals surface area contributed by atoms with Crippen LogP contribution in [0.5, 0.6) is 0 Å². The number of hydrogen-bond donors (Lipinski definition) is 2. The van der Waals surface area contributed by atoms with Gasteiger partial charge in [0.05, 0.1) is 5.69 Å². The van der Waals surface area contributed by atoms with Gasteiger partial charge in [0.25, 0.3) is 0 Å². The molecule has 3 rings (SSSR count). The molecule has 1 aromatic heterocycles. The minimum Gasteiger partial charge on any atom is -0.317 e. The Morgan fingerprint density at radius 3 is 2.64 bits per heavy atom. The zero-order chi connectivity index (χ0) is 14.7. The second-order valence-corrected chi connectivity index (χ2v) is 6.83. The second kappa shape index (κ2) is 8.06. The molecule has 1 fully saturated rings. The molecule has 1 aromatic carbocycles. The average Bonchev–Trinajstić information content (AvgIpc) is 2.97. The highest BCUT2D eigenvalue weighted by molar-refractivity contribution is 9.10. The van der Waals surface area contributed by atoms with Crippen molar-refractivity contribution in [1.82, 2.24) is 10.3 Å². The van der Waals surface area contributed by atoms with Crippen LogP contribution >= 0.6 is 39.7 Å². The summed E-state index contributed by atoms with van der Waals surface area (Å²) in [5.41, 5.74) is 1.95. The van der Waals surface area contributed by atoms with Crippen molar-refractivity contribution in [2.24, 2.45) is 5.92 Å². The lowest BCUT2D eigenvalue weighted by Crippen LogP contribution is -2.34. The lowest BCUT2D eigenvalue weighted by atomic mass is 9.97. The molecule has 0 atom stereocenters. The minimum absolute atomic E-state index is 0. The van der Waals surface area contributed by atoms with Crippen LogP contribution in [0.2, 0.25) is 0 Å². The van der Waals surface area contributed by atoms with E-state index < -0.39 is 0 Å². The number of nitrogens with zero attached hydrogens (tertiary/aromatic N) is 1. The third kappa shape index (κ3) is 4.29. The summed E-state index contributed by atoms with van der Waals surface area (Å²) in [6.07, 6.45) is 1.80. The van der Waals surface area contributed by atoms with E-state index in [9.17, 15) is 4.79 Å². The molecule has 2 heterocycles. The molecule has 22 heavy (non-hydrogen) atoms. The molecule has 0 aliphatic carbocycles. The molecule has 0 bridgehead atoms. The minimum atomic E-state index is 0. The third-order valence-corrected chi connectivity index (χ3v) is 4.87. The Bertz CT molecular complexity index is 626. The molecule has 0 saturated carbocycles. The molecule has 0 unspecified atom stereocenters. The maximum atomic E-state index is 12.2. The first-order valence-electron chi connectivity index (χ1n) is 6.95. The van der Waals surface area contributed by atoms with Crippen molar-refractivity contribution in [3.05, 3.63) is 34.1 Å². The van der Waals surface area contributed by atoms with Crippen LogP contribution in [0.15, 0.2) is 34.1 Å². The maximum Gasteiger partial charge on any atom is 0.229 e. The lowest BCUT2D eigenvalue weighted by molar-refractivity contribution is -0.120. The van der Waals surface area contributed by atoms with E-state index in [0.29, 0.717) is 5.13 Å². The Hall–Kier alpha value is -0.950. The lowest BCUT2D eigenvalue weighted by Gasteiger charge is -2.20. The van der Waals surface area contributed by atoms with Gasteiger partial charge in [0.15, 0.2) is 5.13 Å². The maximum absolute atomic E-state index is 12.2. The Morgan fingerprint density at radius 2 is 1.95 bits per heavy atom. The van der Waals surface area contributed by atoms with Crippen LogP contribution in [-0.2, 0) is 4.79 Å². The van der Waals surface area contributed by atoms with Crippen LogP contribution in [0.25, 0.3) is 11.3 Å². The van der Waals surface area contributed by atoms with Gasteiger partial charge in [0, 0.05) is 21.3 Å². The topological polar surface area (TPSA) is 54.0 Å². The van der Waals surface area contributed by atoms with Crippen molar-refractivity contribution in [1.29, 1.82) is 0 Å². The summed E-state index contributed by atoms with van der Waals surface area (Å²) in [5.74, 6) is 0.194. The molecular formula is C15H17BrClN3OS. The fourth-order valence-corrected chi connectivity index (χ4v) is 3.36. The van der Waals surface area contributed by atoms with Crippen LogP contribution < -0.4 is 10.6 Å². The summed E-state index contributed by atoms with van der Waals surface area (Å²) in [6, 6.07) is 8.00. The van der Waals surface area contributed by atoms with Gasteiger partial charge in [-0.15, -0.1) is 23.7 Å². The number of anilines is 1. The van der Waals surface area contributed by atoms with Gasteiger partial charge < -0.3 is 10.6 Å². The van der Waals surface area contributed by atoms with Gasteiger partial charge in [-0.3, -0.25) is 4.79 Å². The van der Waals surface area contributed by atoms with Gasteiger partial charge >= 0.3 is 0 Å². The van der Waals surface area contributed by atoms with E-state index in [-0.39, 0.29) is 24.2 Å². The normalized spacial score (nSPS) is 15.1. The summed E-state index contributed by atoms with van der Waals surface area (Å²) < 4.78 is 1.04. The number of hydrogen-bond acceptors (Lipinski definition) is 4. The average molecular weight is 403 g/mol. The molecule has 1 aliphatic heterocycles. The van der Waals surface area contributed by atoms with Crippen LogP contribution in [0.1, 0.15) is 12.8 Å². The van der Waals surface area contributed by atoms with Gasteiger partial charge in [-0.1, -0.05) is 28.1 Å². The number of benzene rings is 1. The van der Waals surface area contributed by atoms with E-state index in [1.54, 1.807) is 0 Å². The summed E-state index contributed by atoms with van der Waals surface area (Å²) in [6.45, 7) is 1.83. The number of thiazole rings is 1. The van der Waals surface area contributed by atoms with Crippen LogP contribution in [0.3, 0.4) is 0 Å². The standard InChI is InChI=1S/C15H16BrN3OS.ClH/c16-12-3-1-10(2-4-12)13-9-21-15(18-13)19-14(20)11-5-7-17-8-6-11;/h1-4,9,11,17H,5-8H2,(H,18,19,20);1H. The van der Waals surface area contributed by atoms with Gasteiger partial charge in [-0.05, 0) is 38.1 Å². The number of rotatable bonds is 3. The Kier molecular flexibility index (Phi) is 6.37. The highest BCUT2D eigenvalue weighted by Crippen LogP contribution is 2.26. The van der Waals surface area contributed by atoms with E-state index in [0.717, 1.165) is 41.7 Å². The number of carbonyl (C=O) groups excluding carboxylic acids is 1. The van der Waals surface area contributed by atoms with E-state index in [4.69, 9.17) is 0 Å². The van der Waals surface area contributed by atoms with E-state index in [2.05, 4.69) is 31.5 Å². The zero-order valence-electron chi connectivity index (χ0n) is 11.8. The molecule has 2 N–H and O–H groups in total. The molecule has 0 radical (unpaired) electrons. The molecule has 118 valence electrons. The smallest absolute Gasteiger partial charge is 0.229 e. The fourth-order valence-electron chi connectivity index (χ4n) is 2.38. The number of piperidine rings is 1. The summed E-state index contributed by atoms with van der Waals surface area (Å²) in [7, 11) is 0. The van der Waals surface area contributed by atoms with Crippen molar-refractivity contribution < 1.29 is 4.79 Å². The zero-order valence-corrected chi connectivity index (χ0v) is 15.1. The Labute approximate surface area is 148 Å². The van der Waals surface area contributed by atoms with Crippen molar-refractivity contribution in [2.75, 3.05) is 18.4 Å². The van der Waals surface area contributed by atoms with Crippen molar-refractivity contribution in [3.63, 3.8) is 0 Å². The van der Waals surface area contributed by atoms with E-state index in [1.807, 2.05) is 29.6 Å². The molecule has 7 heteroatoms. The van der Waals surface area contributed by atoms with Crippen molar-refractivity contribution in [2.45, 2.75) is 12.8 Å². The predicted molar refractivity (Wildman–Crippen MR) is 96.7 cm³/mol. The fraction of sp³-hybridized carbons (Fsp3) is 0.333.